The normalized spacial score (nSPS) is 9.71. The molecule has 2 amide bonds. The molecule has 0 saturated carbocycles. The summed E-state index contributed by atoms with van der Waals surface area (Å²) in [7, 11) is 0. The van der Waals surface area contributed by atoms with Crippen LogP contribution in [0, 0.1) is 0 Å². The summed E-state index contributed by atoms with van der Waals surface area (Å²) in [5.41, 5.74) is 1.64. The van der Waals surface area contributed by atoms with Gasteiger partial charge in [-0.05, 0) is 11.1 Å². The molecule has 0 aliphatic heterocycles. The molecule has 2 aromatic rings. The molecule has 0 N–H and O–H groups in total. The lowest BCUT2D eigenvalue weighted by Crippen LogP contribution is -2.24. The highest BCUT2D eigenvalue weighted by molar-refractivity contribution is 5.86. The second-order valence-corrected chi connectivity index (χ2v) is 4.19. The SMILES string of the molecule is O=C([N]C(=O)OCc1ccccc1)OCc1ccccc1. The van der Waals surface area contributed by atoms with E-state index < -0.39 is 12.2 Å². The Morgan fingerprint density at radius 2 is 1.10 bits per heavy atom. The maximum Gasteiger partial charge on any atom is 0.440 e. The molecule has 21 heavy (non-hydrogen) atoms. The van der Waals surface area contributed by atoms with Crippen molar-refractivity contribution in [3.63, 3.8) is 0 Å². The number of amides is 2. The highest BCUT2D eigenvalue weighted by Crippen LogP contribution is 2.02. The number of ether oxygens (including phenoxy) is 2. The van der Waals surface area contributed by atoms with Crippen LogP contribution in [-0.2, 0) is 22.7 Å². The summed E-state index contributed by atoms with van der Waals surface area (Å²) in [6, 6.07) is 18.3. The fourth-order valence-electron chi connectivity index (χ4n) is 1.58. The van der Waals surface area contributed by atoms with E-state index >= 15 is 0 Å². The van der Waals surface area contributed by atoms with E-state index in [1.165, 1.54) is 0 Å². The van der Waals surface area contributed by atoms with Crippen LogP contribution in [0.2, 0.25) is 0 Å². The Morgan fingerprint density at radius 1 is 0.714 bits per heavy atom. The second-order valence-electron chi connectivity index (χ2n) is 4.19. The van der Waals surface area contributed by atoms with Gasteiger partial charge in [-0.15, -0.1) is 0 Å². The van der Waals surface area contributed by atoms with E-state index in [2.05, 4.69) is 5.32 Å². The highest BCUT2D eigenvalue weighted by atomic mass is 16.6. The van der Waals surface area contributed by atoms with Gasteiger partial charge in [-0.25, -0.2) is 9.59 Å². The average molecular weight is 284 g/mol. The fraction of sp³-hybridized carbons (Fsp3) is 0.125. The summed E-state index contributed by atoms with van der Waals surface area (Å²) in [6.07, 6.45) is -1.92. The molecular formula is C16H14NO4. The first-order valence-electron chi connectivity index (χ1n) is 6.37. The van der Waals surface area contributed by atoms with Crippen molar-refractivity contribution in [2.75, 3.05) is 0 Å². The van der Waals surface area contributed by atoms with Crippen molar-refractivity contribution in [3.8, 4) is 0 Å². The van der Waals surface area contributed by atoms with E-state index in [-0.39, 0.29) is 13.2 Å². The van der Waals surface area contributed by atoms with Gasteiger partial charge in [-0.1, -0.05) is 66.0 Å². The van der Waals surface area contributed by atoms with Gasteiger partial charge in [0.15, 0.2) is 0 Å². The fourth-order valence-corrected chi connectivity index (χ4v) is 1.58. The first-order chi connectivity index (χ1) is 10.2. The maximum atomic E-state index is 11.3. The summed E-state index contributed by atoms with van der Waals surface area (Å²) < 4.78 is 9.69. The van der Waals surface area contributed by atoms with Crippen LogP contribution in [0.1, 0.15) is 11.1 Å². The predicted molar refractivity (Wildman–Crippen MR) is 75.4 cm³/mol. The largest absolute Gasteiger partial charge is 0.443 e. The Hall–Kier alpha value is -2.82. The number of hydrogen-bond donors (Lipinski definition) is 0. The monoisotopic (exact) mass is 284 g/mol. The standard InChI is InChI=1S/C16H14NO4/c18-15(20-11-13-7-3-1-4-8-13)17-16(19)21-12-14-9-5-2-6-10-14/h1-10H,11-12H2. The van der Waals surface area contributed by atoms with Crippen molar-refractivity contribution in [1.82, 2.24) is 5.32 Å². The molecule has 0 fully saturated rings. The second kappa shape index (κ2) is 7.69. The Balaban J connectivity index is 1.69. The number of hydrogen-bond acceptors (Lipinski definition) is 4. The minimum atomic E-state index is -0.961. The summed E-state index contributed by atoms with van der Waals surface area (Å²) in [5, 5.41) is 3.18. The van der Waals surface area contributed by atoms with E-state index in [9.17, 15) is 9.59 Å². The molecule has 2 rings (SSSR count). The molecule has 0 aromatic heterocycles. The van der Waals surface area contributed by atoms with E-state index in [0.29, 0.717) is 0 Å². The van der Waals surface area contributed by atoms with Crippen LogP contribution < -0.4 is 5.32 Å². The molecule has 0 aliphatic carbocycles. The van der Waals surface area contributed by atoms with Gasteiger partial charge in [0.2, 0.25) is 0 Å². The van der Waals surface area contributed by atoms with Gasteiger partial charge in [0.1, 0.15) is 13.2 Å². The van der Waals surface area contributed by atoms with Crippen LogP contribution in [0.4, 0.5) is 9.59 Å². The van der Waals surface area contributed by atoms with Gasteiger partial charge in [-0.3, -0.25) is 0 Å². The lowest BCUT2D eigenvalue weighted by Gasteiger charge is -2.05. The van der Waals surface area contributed by atoms with Gasteiger partial charge < -0.3 is 9.47 Å². The third-order valence-electron chi connectivity index (χ3n) is 2.59. The molecule has 5 heteroatoms. The van der Waals surface area contributed by atoms with Gasteiger partial charge >= 0.3 is 12.2 Å². The van der Waals surface area contributed by atoms with Crippen LogP contribution in [0.3, 0.4) is 0 Å². The molecular weight excluding hydrogens is 270 g/mol. The minimum absolute atomic E-state index is 0.0646. The van der Waals surface area contributed by atoms with Gasteiger partial charge in [0.05, 0.1) is 0 Å². The molecule has 2 aromatic carbocycles. The number of carbonyl (C=O) groups is 2. The topological polar surface area (TPSA) is 66.7 Å². The lowest BCUT2D eigenvalue weighted by molar-refractivity contribution is 0.116. The van der Waals surface area contributed by atoms with Gasteiger partial charge in [-0.2, -0.15) is 0 Å². The summed E-state index contributed by atoms with van der Waals surface area (Å²) >= 11 is 0. The minimum Gasteiger partial charge on any atom is -0.443 e. The van der Waals surface area contributed by atoms with Crippen LogP contribution >= 0.6 is 0 Å². The zero-order valence-electron chi connectivity index (χ0n) is 11.3. The van der Waals surface area contributed by atoms with E-state index in [0.717, 1.165) is 11.1 Å². The van der Waals surface area contributed by atoms with Crippen molar-refractivity contribution >= 4 is 12.2 Å². The molecule has 107 valence electrons. The van der Waals surface area contributed by atoms with E-state index in [1.807, 2.05) is 36.4 Å². The quantitative estimate of drug-likeness (QED) is 0.864. The van der Waals surface area contributed by atoms with Crippen molar-refractivity contribution in [2.45, 2.75) is 13.2 Å². The Morgan fingerprint density at radius 3 is 1.48 bits per heavy atom. The van der Waals surface area contributed by atoms with E-state index in [4.69, 9.17) is 9.47 Å². The van der Waals surface area contributed by atoms with Crippen LogP contribution in [0.15, 0.2) is 60.7 Å². The highest BCUT2D eigenvalue weighted by Gasteiger charge is 2.13. The molecule has 0 bridgehead atoms. The summed E-state index contributed by atoms with van der Waals surface area (Å²) in [4.78, 5) is 22.7. The van der Waals surface area contributed by atoms with Crippen molar-refractivity contribution in [3.05, 3.63) is 71.8 Å². The number of rotatable bonds is 4. The molecule has 0 aliphatic rings. The first kappa shape index (κ1) is 14.6. The number of carbonyl (C=O) groups excluding carboxylic acids is 2. The Bertz CT molecular complexity index is 530. The third kappa shape index (κ3) is 5.36. The Kier molecular flexibility index (Phi) is 5.34. The molecule has 0 atom stereocenters. The van der Waals surface area contributed by atoms with Crippen molar-refractivity contribution in [1.29, 1.82) is 0 Å². The summed E-state index contributed by atoms with van der Waals surface area (Å²) in [5.74, 6) is 0. The van der Waals surface area contributed by atoms with E-state index in [1.54, 1.807) is 24.3 Å². The van der Waals surface area contributed by atoms with Crippen molar-refractivity contribution in [2.24, 2.45) is 0 Å². The number of benzene rings is 2. The third-order valence-corrected chi connectivity index (χ3v) is 2.59. The first-order valence-corrected chi connectivity index (χ1v) is 6.37. The van der Waals surface area contributed by atoms with Crippen molar-refractivity contribution < 1.29 is 19.1 Å². The molecule has 1 radical (unpaired) electrons. The smallest absolute Gasteiger partial charge is 0.440 e. The maximum absolute atomic E-state index is 11.3. The number of nitrogens with zero attached hydrogens (tertiary/aromatic N) is 1. The molecule has 0 spiro atoms. The molecule has 0 saturated heterocycles. The lowest BCUT2D eigenvalue weighted by atomic mass is 10.2. The Labute approximate surface area is 122 Å². The van der Waals surface area contributed by atoms with Gasteiger partial charge in [0.25, 0.3) is 0 Å². The van der Waals surface area contributed by atoms with Crippen LogP contribution in [0.5, 0.6) is 0 Å². The van der Waals surface area contributed by atoms with Crippen LogP contribution in [-0.4, -0.2) is 12.2 Å². The zero-order valence-corrected chi connectivity index (χ0v) is 11.3. The van der Waals surface area contributed by atoms with Gasteiger partial charge in [0, 0.05) is 0 Å². The molecule has 0 heterocycles. The molecule has 0 unspecified atom stereocenters. The average Bonchev–Trinajstić information content (AvgIpc) is 2.53. The predicted octanol–water partition coefficient (Wildman–Crippen LogP) is 3.26. The zero-order chi connectivity index (χ0) is 14.9. The number of imide groups is 1. The van der Waals surface area contributed by atoms with Crippen LogP contribution in [0.25, 0.3) is 0 Å². The summed E-state index contributed by atoms with van der Waals surface area (Å²) in [6.45, 7) is 0.129. The molecule has 5 nitrogen and oxygen atoms in total.